The number of anilines is 2. The van der Waals surface area contributed by atoms with Crippen molar-refractivity contribution in [2.45, 2.75) is 38.0 Å². The minimum absolute atomic E-state index is 0.298. The third-order valence-electron chi connectivity index (χ3n) is 6.44. The summed E-state index contributed by atoms with van der Waals surface area (Å²) in [6, 6.07) is 12.0. The second-order valence-corrected chi connectivity index (χ2v) is 9.86. The average molecular weight is 596 g/mol. The maximum atomic E-state index is 13.6. The number of fused-ring (bicyclic) bond motifs is 1. The number of hydrogen-bond donors (Lipinski definition) is 3. The molecule has 2 atom stereocenters. The van der Waals surface area contributed by atoms with Crippen LogP contribution in [0.4, 0.5) is 29.2 Å². The van der Waals surface area contributed by atoms with E-state index in [1.165, 1.54) is 12.1 Å². The second kappa shape index (κ2) is 11.7. The Morgan fingerprint density at radius 1 is 1.24 bits per heavy atom. The zero-order chi connectivity index (χ0) is 29.9. The Hall–Kier alpha value is -4.17. The minimum atomic E-state index is -5.08. The van der Waals surface area contributed by atoms with Crippen molar-refractivity contribution < 1.29 is 32.2 Å². The summed E-state index contributed by atoms with van der Waals surface area (Å²) in [5.74, 6) is -0.970. The van der Waals surface area contributed by atoms with Gasteiger partial charge in [0.2, 0.25) is 5.95 Å². The highest BCUT2D eigenvalue weighted by atomic mass is 35.5. The smallest absolute Gasteiger partial charge is 0.490 e. The first-order valence-electron chi connectivity index (χ1n) is 12.3. The number of hydrogen-bond acceptors (Lipinski definition) is 7. The lowest BCUT2D eigenvalue weighted by molar-refractivity contribution is -0.192. The van der Waals surface area contributed by atoms with Crippen molar-refractivity contribution in [3.05, 3.63) is 77.3 Å². The molecule has 15 heteroatoms. The molecular weight excluding hydrogens is 570 g/mol. The molecule has 0 saturated carbocycles. The van der Waals surface area contributed by atoms with Crippen LogP contribution in [0.25, 0.3) is 5.69 Å². The van der Waals surface area contributed by atoms with Crippen LogP contribution in [-0.4, -0.2) is 48.7 Å². The quantitative estimate of drug-likeness (QED) is 0.266. The predicted octanol–water partition coefficient (Wildman–Crippen LogP) is 5.27. The number of ether oxygens (including phenoxy) is 1. The Bertz CT molecular complexity index is 1520. The van der Waals surface area contributed by atoms with E-state index in [0.29, 0.717) is 41.6 Å². The molecule has 1 aliphatic heterocycles. The molecule has 0 fully saturated rings. The van der Waals surface area contributed by atoms with Gasteiger partial charge < -0.3 is 25.5 Å². The molecule has 3 heterocycles. The molecule has 0 saturated heterocycles. The van der Waals surface area contributed by atoms with Crippen molar-refractivity contribution >= 4 is 29.2 Å². The molecule has 0 amide bonds. The van der Waals surface area contributed by atoms with Gasteiger partial charge in [0.1, 0.15) is 28.6 Å². The number of carbonyl (C=O) groups is 1. The van der Waals surface area contributed by atoms with E-state index >= 15 is 0 Å². The monoisotopic (exact) mass is 595 g/mol. The number of nitrogens with zero attached hydrogens (tertiary/aromatic N) is 5. The average Bonchev–Trinajstić information content (AvgIpc) is 3.51. The maximum Gasteiger partial charge on any atom is 0.490 e. The molecule has 1 aliphatic rings. The van der Waals surface area contributed by atoms with E-state index in [1.807, 2.05) is 22.9 Å². The molecule has 0 spiro atoms. The summed E-state index contributed by atoms with van der Waals surface area (Å²) >= 11 is 5.96. The fraction of sp³-hybridized carbons (Fsp3) is 0.308. The highest BCUT2D eigenvalue weighted by Gasteiger charge is 2.39. The van der Waals surface area contributed by atoms with Gasteiger partial charge in [-0.2, -0.15) is 18.2 Å². The first kappa shape index (κ1) is 29.8. The number of aliphatic carboxylic acids is 1. The molecule has 41 heavy (non-hydrogen) atoms. The van der Waals surface area contributed by atoms with Crippen LogP contribution in [-0.2, 0) is 16.9 Å². The first-order chi connectivity index (χ1) is 19.3. The first-order valence-corrected chi connectivity index (χ1v) is 12.6. The third kappa shape index (κ3) is 6.77. The summed E-state index contributed by atoms with van der Waals surface area (Å²) in [6.07, 6.45) is -0.144. The molecule has 0 radical (unpaired) electrons. The van der Waals surface area contributed by atoms with Crippen molar-refractivity contribution in [3.63, 3.8) is 0 Å². The van der Waals surface area contributed by atoms with Gasteiger partial charge in [0.05, 0.1) is 12.8 Å². The van der Waals surface area contributed by atoms with Crippen molar-refractivity contribution in [2.24, 2.45) is 11.7 Å². The maximum absolute atomic E-state index is 13.6. The molecule has 0 aliphatic carbocycles. The third-order valence-corrected chi connectivity index (χ3v) is 6.64. The second-order valence-electron chi connectivity index (χ2n) is 9.48. The summed E-state index contributed by atoms with van der Waals surface area (Å²) in [4.78, 5) is 17.7. The number of alkyl halides is 3. The van der Waals surface area contributed by atoms with Crippen LogP contribution in [0.3, 0.4) is 0 Å². The van der Waals surface area contributed by atoms with Gasteiger partial charge in [-0.05, 0) is 48.6 Å². The summed E-state index contributed by atoms with van der Waals surface area (Å²) in [5, 5.41) is 15.5. The number of nitrogens with two attached hydrogens (primary N) is 1. The summed E-state index contributed by atoms with van der Waals surface area (Å²) in [7, 11) is 1.60. The highest BCUT2D eigenvalue weighted by molar-refractivity contribution is 6.29. The lowest BCUT2D eigenvalue weighted by atomic mass is 9.82. The van der Waals surface area contributed by atoms with Crippen LogP contribution in [0.15, 0.2) is 55.0 Å². The Balaban J connectivity index is 0.000000493. The van der Waals surface area contributed by atoms with Gasteiger partial charge in [-0.25, -0.2) is 18.9 Å². The number of carboxylic acid groups (broad SMARTS) is 1. The Morgan fingerprint density at radius 2 is 1.93 bits per heavy atom. The van der Waals surface area contributed by atoms with Gasteiger partial charge in [-0.1, -0.05) is 30.7 Å². The molecule has 10 nitrogen and oxygen atoms in total. The van der Waals surface area contributed by atoms with Crippen LogP contribution < -0.4 is 15.8 Å². The molecule has 2 unspecified atom stereocenters. The lowest BCUT2D eigenvalue weighted by Crippen LogP contribution is -2.41. The number of aromatic nitrogens is 5. The van der Waals surface area contributed by atoms with E-state index in [9.17, 15) is 17.6 Å². The van der Waals surface area contributed by atoms with E-state index in [4.69, 9.17) is 37.0 Å². The number of nitrogens with one attached hydrogen (secondary N) is 1. The van der Waals surface area contributed by atoms with Crippen LogP contribution in [0.2, 0.25) is 5.15 Å². The summed E-state index contributed by atoms with van der Waals surface area (Å²) in [5.41, 5.74) is 8.45. The Labute approximate surface area is 236 Å². The SMILES string of the molecule is COc1cc(Nc2nc3n(n2)CCC(C)CC3(N)c2ccc(F)cc2)ccc1-n1cnc(Cl)c1.O=C(O)C(F)(F)F. The lowest BCUT2D eigenvalue weighted by Gasteiger charge is -2.29. The van der Waals surface area contributed by atoms with Crippen molar-refractivity contribution in [1.82, 2.24) is 24.3 Å². The van der Waals surface area contributed by atoms with Crippen LogP contribution in [0, 0.1) is 11.7 Å². The normalized spacial score (nSPS) is 18.5. The van der Waals surface area contributed by atoms with Gasteiger partial charge in [-0.3, -0.25) is 0 Å². The largest absolute Gasteiger partial charge is 0.494 e. The minimum Gasteiger partial charge on any atom is -0.494 e. The molecule has 218 valence electrons. The molecule has 2 aromatic heterocycles. The van der Waals surface area contributed by atoms with Gasteiger partial charge in [0, 0.05) is 24.5 Å². The number of methoxy groups -OCH3 is 1. The highest BCUT2D eigenvalue weighted by Crippen LogP contribution is 2.37. The predicted molar refractivity (Wildman–Crippen MR) is 142 cm³/mol. The number of rotatable bonds is 5. The van der Waals surface area contributed by atoms with E-state index in [2.05, 4.69) is 22.3 Å². The molecular formula is C26H26ClF4N7O3. The summed E-state index contributed by atoms with van der Waals surface area (Å²) in [6.45, 7) is 2.87. The zero-order valence-corrected chi connectivity index (χ0v) is 22.6. The molecule has 2 aromatic carbocycles. The topological polar surface area (TPSA) is 133 Å². The standard InChI is InChI=1S/C24H25ClFN7O.C2HF3O2/c1-15-9-10-33-22(24(27,12-15)16-3-5-17(26)6-4-16)30-23(31-33)29-18-7-8-19(20(11-18)34-2)32-13-21(25)28-14-32;3-2(4,5)1(6)7/h3-8,11,13-15H,9-10,12,27H2,1-2H3,(H,29,31);(H,6,7). The van der Waals surface area contributed by atoms with Crippen molar-refractivity contribution in [1.29, 1.82) is 0 Å². The molecule has 4 aromatic rings. The fourth-order valence-electron chi connectivity index (χ4n) is 4.49. The van der Waals surface area contributed by atoms with E-state index in [0.717, 1.165) is 23.4 Å². The molecule has 5 rings (SSSR count). The number of halogens is 5. The van der Waals surface area contributed by atoms with Crippen LogP contribution >= 0.6 is 11.6 Å². The van der Waals surface area contributed by atoms with Gasteiger partial charge >= 0.3 is 12.1 Å². The van der Waals surface area contributed by atoms with Crippen molar-refractivity contribution in [2.75, 3.05) is 12.4 Å². The van der Waals surface area contributed by atoms with Crippen LogP contribution in [0.5, 0.6) is 5.75 Å². The van der Waals surface area contributed by atoms with Gasteiger partial charge in [0.25, 0.3) is 0 Å². The number of imidazole rings is 1. The molecule has 4 N–H and O–H groups in total. The fourth-order valence-corrected chi connectivity index (χ4v) is 4.64. The number of aryl methyl sites for hydroxylation is 1. The molecule has 0 bridgehead atoms. The Morgan fingerprint density at radius 3 is 2.51 bits per heavy atom. The van der Waals surface area contributed by atoms with Gasteiger partial charge in [0.15, 0.2) is 5.82 Å². The van der Waals surface area contributed by atoms with Gasteiger partial charge in [-0.15, -0.1) is 5.10 Å². The van der Waals surface area contributed by atoms with Crippen molar-refractivity contribution in [3.8, 4) is 11.4 Å². The number of carboxylic acids is 1. The van der Waals surface area contributed by atoms with E-state index in [1.54, 1.807) is 36.3 Å². The van der Waals surface area contributed by atoms with Crippen LogP contribution in [0.1, 0.15) is 31.2 Å². The Kier molecular flexibility index (Phi) is 8.54. The van der Waals surface area contributed by atoms with E-state index < -0.39 is 17.7 Å². The zero-order valence-electron chi connectivity index (χ0n) is 21.9. The summed E-state index contributed by atoms with van der Waals surface area (Å²) < 4.78 is 54.5. The number of benzene rings is 2. The van der Waals surface area contributed by atoms with E-state index in [-0.39, 0.29) is 5.82 Å².